The highest BCUT2D eigenvalue weighted by atomic mass is 32.1. The molecule has 0 amide bonds. The highest BCUT2D eigenvalue weighted by Gasteiger charge is 2.04. The van der Waals surface area contributed by atoms with Crippen molar-refractivity contribution in [1.29, 1.82) is 0 Å². The fourth-order valence-corrected chi connectivity index (χ4v) is 2.78. The van der Waals surface area contributed by atoms with Crippen LogP contribution in [0.25, 0.3) is 0 Å². The lowest BCUT2D eigenvalue weighted by atomic mass is 10.3. The first-order valence-electron chi connectivity index (χ1n) is 6.07. The maximum Gasteiger partial charge on any atom is 0.0587 e. The quantitative estimate of drug-likeness (QED) is 0.720. The summed E-state index contributed by atoms with van der Waals surface area (Å²) in [5.41, 5.74) is 1.41. The molecule has 0 saturated carbocycles. The molecule has 0 aliphatic rings. The number of ether oxygens (including phenoxy) is 1. The zero-order valence-electron chi connectivity index (χ0n) is 11.4. The zero-order valence-corrected chi connectivity index (χ0v) is 12.2. The summed E-state index contributed by atoms with van der Waals surface area (Å²) in [7, 11) is 3.90. The van der Waals surface area contributed by atoms with E-state index in [1.807, 2.05) is 11.3 Å². The molecule has 0 atom stereocenters. The van der Waals surface area contributed by atoms with Gasteiger partial charge in [0.15, 0.2) is 0 Å². The smallest absolute Gasteiger partial charge is 0.0587 e. The van der Waals surface area contributed by atoms with Gasteiger partial charge in [-0.3, -0.25) is 0 Å². The van der Waals surface area contributed by atoms with Crippen molar-refractivity contribution in [3.8, 4) is 0 Å². The lowest BCUT2D eigenvalue weighted by molar-refractivity contribution is 0.197. The summed E-state index contributed by atoms with van der Waals surface area (Å²) in [6.07, 6.45) is 0. The first-order valence-corrected chi connectivity index (χ1v) is 6.89. The predicted molar refractivity (Wildman–Crippen MR) is 74.9 cm³/mol. The van der Waals surface area contributed by atoms with Gasteiger partial charge in [-0.1, -0.05) is 0 Å². The lowest BCUT2D eigenvalue weighted by Crippen LogP contribution is -2.30. The molecule has 0 aromatic carbocycles. The Morgan fingerprint density at radius 3 is 2.71 bits per heavy atom. The van der Waals surface area contributed by atoms with Crippen LogP contribution in [0.5, 0.6) is 0 Å². The summed E-state index contributed by atoms with van der Waals surface area (Å²) in [4.78, 5) is 5.25. The third-order valence-electron chi connectivity index (χ3n) is 2.80. The molecule has 0 aliphatic heterocycles. The molecular weight excluding hydrogens is 232 g/mol. The van der Waals surface area contributed by atoms with Gasteiger partial charge in [-0.05, 0) is 32.5 Å². The van der Waals surface area contributed by atoms with Crippen LogP contribution in [0.3, 0.4) is 0 Å². The number of hydrogen-bond donors (Lipinski definition) is 1. The van der Waals surface area contributed by atoms with E-state index in [0.29, 0.717) is 0 Å². The van der Waals surface area contributed by atoms with Crippen molar-refractivity contribution in [3.05, 3.63) is 21.4 Å². The molecule has 0 radical (unpaired) electrons. The van der Waals surface area contributed by atoms with Crippen molar-refractivity contribution in [1.82, 2.24) is 10.2 Å². The van der Waals surface area contributed by atoms with Crippen molar-refractivity contribution >= 4 is 11.3 Å². The van der Waals surface area contributed by atoms with Gasteiger partial charge >= 0.3 is 0 Å². The van der Waals surface area contributed by atoms with Crippen LogP contribution in [0.15, 0.2) is 6.07 Å². The molecule has 0 saturated heterocycles. The Bertz CT molecular complexity index is 306. The first kappa shape index (κ1) is 14.6. The average molecular weight is 256 g/mol. The van der Waals surface area contributed by atoms with Gasteiger partial charge in [-0.2, -0.15) is 0 Å². The summed E-state index contributed by atoms with van der Waals surface area (Å²) < 4.78 is 4.99. The number of aryl methyl sites for hydroxylation is 2. The van der Waals surface area contributed by atoms with Crippen LogP contribution >= 0.6 is 11.3 Å². The largest absolute Gasteiger partial charge is 0.383 e. The van der Waals surface area contributed by atoms with Gasteiger partial charge in [0.1, 0.15) is 0 Å². The monoisotopic (exact) mass is 256 g/mol. The van der Waals surface area contributed by atoms with E-state index in [1.165, 1.54) is 15.3 Å². The molecule has 1 aromatic rings. The molecular formula is C13H24N2OS. The van der Waals surface area contributed by atoms with Crippen LogP contribution in [-0.4, -0.2) is 45.3 Å². The van der Waals surface area contributed by atoms with Gasteiger partial charge in [0.2, 0.25) is 0 Å². The Balaban J connectivity index is 2.18. The molecule has 0 spiro atoms. The van der Waals surface area contributed by atoms with E-state index in [-0.39, 0.29) is 0 Å². The van der Waals surface area contributed by atoms with Crippen molar-refractivity contribution in [3.63, 3.8) is 0 Å². The predicted octanol–water partition coefficient (Wildman–Crippen LogP) is 2.03. The third-order valence-corrected chi connectivity index (χ3v) is 3.93. The third kappa shape index (κ3) is 5.64. The topological polar surface area (TPSA) is 24.5 Å². The Labute approximate surface area is 109 Å². The zero-order chi connectivity index (χ0) is 12.7. The van der Waals surface area contributed by atoms with Gasteiger partial charge in [0.05, 0.1) is 6.61 Å². The van der Waals surface area contributed by atoms with E-state index < -0.39 is 0 Å². The summed E-state index contributed by atoms with van der Waals surface area (Å²) in [6, 6.07) is 2.30. The summed E-state index contributed by atoms with van der Waals surface area (Å²) in [5, 5.41) is 3.36. The number of rotatable bonds is 8. The number of likely N-dealkylation sites (N-methyl/N-ethyl adjacent to an activating group) is 1. The van der Waals surface area contributed by atoms with Crippen LogP contribution in [-0.2, 0) is 11.3 Å². The van der Waals surface area contributed by atoms with Crippen LogP contribution in [0.1, 0.15) is 15.3 Å². The maximum atomic E-state index is 4.99. The number of methoxy groups -OCH3 is 1. The van der Waals surface area contributed by atoms with Crippen molar-refractivity contribution in [2.45, 2.75) is 20.4 Å². The Hall–Kier alpha value is -0.420. The second-order valence-corrected chi connectivity index (χ2v) is 5.77. The van der Waals surface area contributed by atoms with E-state index in [4.69, 9.17) is 4.74 Å². The van der Waals surface area contributed by atoms with Crippen LogP contribution in [0.4, 0.5) is 0 Å². The molecule has 1 aromatic heterocycles. The van der Waals surface area contributed by atoms with Crippen LogP contribution in [0.2, 0.25) is 0 Å². The molecule has 4 heteroatoms. The lowest BCUT2D eigenvalue weighted by Gasteiger charge is -2.15. The Morgan fingerprint density at radius 1 is 1.35 bits per heavy atom. The van der Waals surface area contributed by atoms with E-state index in [0.717, 1.165) is 32.8 Å². The maximum absolute atomic E-state index is 4.99. The summed E-state index contributed by atoms with van der Waals surface area (Å²) >= 11 is 1.91. The van der Waals surface area contributed by atoms with Gasteiger partial charge in [0.25, 0.3) is 0 Å². The van der Waals surface area contributed by atoms with E-state index in [9.17, 15) is 0 Å². The normalized spacial score (nSPS) is 11.4. The first-order chi connectivity index (χ1) is 8.13. The number of nitrogens with one attached hydrogen (secondary N) is 1. The molecule has 3 nitrogen and oxygen atoms in total. The summed E-state index contributed by atoms with van der Waals surface area (Å²) in [5.74, 6) is 0. The number of nitrogens with zero attached hydrogens (tertiary/aromatic N) is 1. The molecule has 0 aliphatic carbocycles. The van der Waals surface area contributed by atoms with Crippen molar-refractivity contribution in [2.24, 2.45) is 0 Å². The molecule has 0 unspecified atom stereocenters. The average Bonchev–Trinajstić information content (AvgIpc) is 2.57. The summed E-state index contributed by atoms with van der Waals surface area (Å²) in [6.45, 7) is 9.22. The second kappa shape index (κ2) is 7.82. The standard InChI is InChI=1S/C13H24N2OS/c1-11-9-13(17-12(11)2)10-15(3)7-5-14-6-8-16-4/h9,14H,5-8,10H2,1-4H3. The van der Waals surface area contributed by atoms with Gasteiger partial charge < -0.3 is 15.0 Å². The molecule has 0 bridgehead atoms. The van der Waals surface area contributed by atoms with Crippen LogP contribution < -0.4 is 5.32 Å². The minimum absolute atomic E-state index is 0.785. The molecule has 1 N–H and O–H groups in total. The van der Waals surface area contributed by atoms with Crippen molar-refractivity contribution in [2.75, 3.05) is 40.4 Å². The number of hydrogen-bond acceptors (Lipinski definition) is 4. The van der Waals surface area contributed by atoms with Crippen molar-refractivity contribution < 1.29 is 4.74 Å². The highest BCUT2D eigenvalue weighted by Crippen LogP contribution is 2.21. The molecule has 1 heterocycles. The molecule has 17 heavy (non-hydrogen) atoms. The second-order valence-electron chi connectivity index (χ2n) is 4.43. The van der Waals surface area contributed by atoms with Gasteiger partial charge in [-0.25, -0.2) is 0 Å². The molecule has 98 valence electrons. The SMILES string of the molecule is COCCNCCN(C)Cc1cc(C)c(C)s1. The highest BCUT2D eigenvalue weighted by molar-refractivity contribution is 7.12. The van der Waals surface area contributed by atoms with Gasteiger partial charge in [-0.15, -0.1) is 11.3 Å². The van der Waals surface area contributed by atoms with E-state index >= 15 is 0 Å². The fourth-order valence-electron chi connectivity index (χ4n) is 1.64. The van der Waals surface area contributed by atoms with E-state index in [2.05, 4.69) is 37.2 Å². The Morgan fingerprint density at radius 2 is 2.12 bits per heavy atom. The number of thiophene rings is 1. The fraction of sp³-hybridized carbons (Fsp3) is 0.692. The molecule has 0 fully saturated rings. The van der Waals surface area contributed by atoms with Gasteiger partial charge in [0, 0.05) is 43.0 Å². The molecule has 1 rings (SSSR count). The Kier molecular flexibility index (Phi) is 6.73. The minimum atomic E-state index is 0.785. The van der Waals surface area contributed by atoms with E-state index in [1.54, 1.807) is 7.11 Å². The van der Waals surface area contributed by atoms with Crippen LogP contribution in [0, 0.1) is 13.8 Å². The minimum Gasteiger partial charge on any atom is -0.383 e.